The van der Waals surface area contributed by atoms with Gasteiger partial charge in [0.1, 0.15) is 5.56 Å². The van der Waals surface area contributed by atoms with Crippen LogP contribution in [0.4, 0.5) is 10.5 Å². The number of nitrogens with one attached hydrogen (secondary N) is 4. The summed E-state index contributed by atoms with van der Waals surface area (Å²) < 4.78 is 7.86. The molecule has 0 spiro atoms. The summed E-state index contributed by atoms with van der Waals surface area (Å²) >= 11 is 7.09. The van der Waals surface area contributed by atoms with Crippen LogP contribution in [0.3, 0.4) is 0 Å². The molecule has 46 heavy (non-hydrogen) atoms. The van der Waals surface area contributed by atoms with E-state index in [9.17, 15) is 19.2 Å². The molecular weight excluding hydrogens is 610 g/mol. The first kappa shape index (κ1) is 31.1. The number of anilines is 1. The van der Waals surface area contributed by atoms with E-state index in [0.29, 0.717) is 35.4 Å². The van der Waals surface area contributed by atoms with Crippen molar-refractivity contribution in [2.45, 2.75) is 31.8 Å². The highest BCUT2D eigenvalue weighted by molar-refractivity contribution is 6.36. The van der Waals surface area contributed by atoms with E-state index in [1.807, 2.05) is 31.2 Å². The highest BCUT2D eigenvalue weighted by Crippen LogP contribution is 2.43. The minimum Gasteiger partial charge on any atom is -0.481 e. The second-order valence-electron chi connectivity index (χ2n) is 11.5. The van der Waals surface area contributed by atoms with Gasteiger partial charge < -0.3 is 30.6 Å². The lowest BCUT2D eigenvalue weighted by Crippen LogP contribution is -2.40. The predicted octanol–water partition coefficient (Wildman–Crippen LogP) is 3.29. The van der Waals surface area contributed by atoms with Crippen molar-refractivity contribution < 1.29 is 14.3 Å². The molecule has 3 heterocycles. The Labute approximate surface area is 269 Å². The normalized spacial score (nSPS) is 16.9. The van der Waals surface area contributed by atoms with Gasteiger partial charge in [0, 0.05) is 61.8 Å². The van der Waals surface area contributed by atoms with E-state index in [1.165, 1.54) is 24.9 Å². The van der Waals surface area contributed by atoms with Crippen LogP contribution in [0.25, 0.3) is 22.4 Å². The van der Waals surface area contributed by atoms with Crippen LogP contribution in [0.15, 0.2) is 58.3 Å². The molecule has 0 radical (unpaired) electrons. The molecule has 1 aliphatic heterocycles. The van der Waals surface area contributed by atoms with E-state index < -0.39 is 17.2 Å². The summed E-state index contributed by atoms with van der Waals surface area (Å²) in [5.41, 5.74) is 5.01. The van der Waals surface area contributed by atoms with Gasteiger partial charge >= 0.3 is 11.7 Å². The van der Waals surface area contributed by atoms with Crippen LogP contribution in [0.5, 0.6) is 5.88 Å². The van der Waals surface area contributed by atoms with Gasteiger partial charge in [0.05, 0.1) is 23.9 Å². The molecule has 2 aromatic carbocycles. The van der Waals surface area contributed by atoms with Crippen molar-refractivity contribution in [3.8, 4) is 28.3 Å². The van der Waals surface area contributed by atoms with Gasteiger partial charge in [-0.15, -0.1) is 0 Å². The number of hydrogen-bond donors (Lipinski definition) is 4. The van der Waals surface area contributed by atoms with Gasteiger partial charge in [-0.2, -0.15) is 0 Å². The maximum atomic E-state index is 13.1. The summed E-state index contributed by atoms with van der Waals surface area (Å²) in [5.74, 6) is -0.0915. The Balaban J connectivity index is 1.29. The third-order valence-corrected chi connectivity index (χ3v) is 9.05. The Hall–Kier alpha value is -4.94. The van der Waals surface area contributed by atoms with E-state index in [1.54, 1.807) is 19.2 Å². The lowest BCUT2D eigenvalue weighted by molar-refractivity contribution is 0.102. The minimum absolute atomic E-state index is 0.0209. The maximum Gasteiger partial charge on any atom is 0.330 e. The number of nitrogens with zero attached hydrogens (tertiary/aromatic N) is 3. The molecule has 6 rings (SSSR count). The molecule has 3 amide bonds. The Morgan fingerprint density at radius 2 is 1.85 bits per heavy atom. The monoisotopic (exact) mass is 643 g/mol. The van der Waals surface area contributed by atoms with Crippen LogP contribution in [0.2, 0.25) is 5.02 Å². The number of carbonyl (C=O) groups is 2. The number of benzene rings is 2. The zero-order chi connectivity index (χ0) is 32.7. The number of halogens is 1. The van der Waals surface area contributed by atoms with E-state index >= 15 is 0 Å². The number of aryl methyl sites for hydroxylation is 2. The van der Waals surface area contributed by atoms with Crippen molar-refractivity contribution in [1.82, 2.24) is 30.1 Å². The van der Waals surface area contributed by atoms with Crippen LogP contribution >= 0.6 is 11.6 Å². The molecule has 1 saturated heterocycles. The largest absolute Gasteiger partial charge is 0.481 e. The summed E-state index contributed by atoms with van der Waals surface area (Å²) in [6.45, 7) is 3.07. The molecule has 2 atom stereocenters. The quantitative estimate of drug-likeness (QED) is 0.230. The lowest BCUT2D eigenvalue weighted by Gasteiger charge is -2.19. The van der Waals surface area contributed by atoms with Crippen LogP contribution in [-0.2, 0) is 20.5 Å². The van der Waals surface area contributed by atoms with Crippen LogP contribution in [0.1, 0.15) is 39.5 Å². The Kier molecular flexibility index (Phi) is 8.41. The summed E-state index contributed by atoms with van der Waals surface area (Å²) in [5, 5.41) is 12.6. The molecule has 4 aromatic rings. The number of pyridine rings is 1. The van der Waals surface area contributed by atoms with Crippen molar-refractivity contribution >= 4 is 29.2 Å². The average Bonchev–Trinajstić information content (AvgIpc) is 3.66. The molecule has 0 unspecified atom stereocenters. The third kappa shape index (κ3) is 5.65. The molecule has 238 valence electrons. The molecule has 4 N–H and O–H groups in total. The van der Waals surface area contributed by atoms with E-state index in [-0.39, 0.29) is 23.7 Å². The number of methoxy groups -OCH3 is 1. The van der Waals surface area contributed by atoms with E-state index in [0.717, 1.165) is 50.8 Å². The SMILES string of the molecule is COc1nc(-c2cccc(-c3cccc(NC(=O)c4cn(C)c(=O)n(C)c4=O)c3C)c2Cl)cc2c1[C@@H](NC[C@@H]1CNC(=O)N1)CC2. The van der Waals surface area contributed by atoms with E-state index in [2.05, 4.69) is 27.3 Å². The van der Waals surface area contributed by atoms with Crippen LogP contribution < -0.4 is 37.3 Å². The first-order valence-electron chi connectivity index (χ1n) is 14.9. The van der Waals surface area contributed by atoms with Crippen LogP contribution in [-0.4, -0.2) is 52.3 Å². The van der Waals surface area contributed by atoms with Gasteiger partial charge in [0.25, 0.3) is 11.5 Å². The smallest absolute Gasteiger partial charge is 0.330 e. The molecule has 2 aliphatic rings. The van der Waals surface area contributed by atoms with Gasteiger partial charge in [-0.1, -0.05) is 41.9 Å². The number of carbonyl (C=O) groups excluding carboxylic acids is 2. The fraction of sp³-hybridized carbons (Fsp3) is 0.303. The van der Waals surface area contributed by atoms with Crippen molar-refractivity contribution in [1.29, 1.82) is 0 Å². The van der Waals surface area contributed by atoms with Gasteiger partial charge in [-0.3, -0.25) is 14.2 Å². The first-order chi connectivity index (χ1) is 22.1. The summed E-state index contributed by atoms with van der Waals surface area (Å²) in [4.78, 5) is 54.2. The molecular formula is C33H34ClN7O5. The molecule has 1 fully saturated rings. The number of rotatable bonds is 8. The molecule has 12 nitrogen and oxygen atoms in total. The van der Waals surface area contributed by atoms with E-state index in [4.69, 9.17) is 21.3 Å². The fourth-order valence-corrected chi connectivity index (χ4v) is 6.49. The Morgan fingerprint density at radius 3 is 2.59 bits per heavy atom. The first-order valence-corrected chi connectivity index (χ1v) is 15.3. The van der Waals surface area contributed by atoms with Crippen molar-refractivity contribution in [2.75, 3.05) is 25.5 Å². The number of amides is 3. The number of fused-ring (bicyclic) bond motifs is 1. The second-order valence-corrected chi connectivity index (χ2v) is 11.9. The summed E-state index contributed by atoms with van der Waals surface area (Å²) in [6, 6.07) is 13.2. The fourth-order valence-electron chi connectivity index (χ4n) is 6.17. The van der Waals surface area contributed by atoms with Crippen LogP contribution in [0, 0.1) is 6.92 Å². The van der Waals surface area contributed by atoms with Crippen molar-refractivity contribution in [2.24, 2.45) is 14.1 Å². The van der Waals surface area contributed by atoms with Gasteiger partial charge in [0.2, 0.25) is 5.88 Å². The Morgan fingerprint density at radius 1 is 1.11 bits per heavy atom. The molecule has 1 aliphatic carbocycles. The lowest BCUT2D eigenvalue weighted by atomic mass is 9.96. The summed E-state index contributed by atoms with van der Waals surface area (Å²) in [7, 11) is 4.42. The standard InChI is InChI=1S/C33H34ClN7O5/c1-17-20(7-6-10-24(17)38-29(42)23-16-40(2)33(45)41(3)31(23)43)21-8-5-9-22(28(21)34)26-13-18-11-12-25(27(18)30(39-26)46-4)35-14-19-15-36-32(44)37-19/h5-10,13,16,19,25,35H,11-12,14-15H2,1-4H3,(H,38,42)(H2,36,37,44)/t19-,25+/m1/s1. The number of ether oxygens (including phenoxy) is 1. The predicted molar refractivity (Wildman–Crippen MR) is 176 cm³/mol. The van der Waals surface area contributed by atoms with Gasteiger partial charge in [-0.25, -0.2) is 14.6 Å². The molecule has 0 saturated carbocycles. The van der Waals surface area contributed by atoms with Crippen molar-refractivity contribution in [3.63, 3.8) is 0 Å². The second kappa shape index (κ2) is 12.5. The minimum atomic E-state index is -0.677. The third-order valence-electron chi connectivity index (χ3n) is 8.65. The molecule has 0 bridgehead atoms. The molecule has 13 heteroatoms. The number of urea groups is 1. The maximum absolute atomic E-state index is 13.1. The van der Waals surface area contributed by atoms with Gasteiger partial charge in [0.15, 0.2) is 0 Å². The zero-order valence-corrected chi connectivity index (χ0v) is 26.6. The number of aromatic nitrogens is 3. The summed E-state index contributed by atoms with van der Waals surface area (Å²) in [6.07, 6.45) is 2.95. The number of hydrogen-bond acceptors (Lipinski definition) is 7. The Bertz CT molecular complexity index is 2000. The highest BCUT2D eigenvalue weighted by atomic mass is 35.5. The highest BCUT2D eigenvalue weighted by Gasteiger charge is 2.30. The molecule has 2 aromatic heterocycles. The van der Waals surface area contributed by atoms with Gasteiger partial charge in [-0.05, 0) is 48.6 Å². The average molecular weight is 644 g/mol. The van der Waals surface area contributed by atoms with Crippen molar-refractivity contribution in [3.05, 3.63) is 96.8 Å². The topological polar surface area (TPSA) is 148 Å². The zero-order valence-electron chi connectivity index (χ0n) is 25.9.